The van der Waals surface area contributed by atoms with Crippen LogP contribution in [0.5, 0.6) is 0 Å². The van der Waals surface area contributed by atoms with Crippen molar-refractivity contribution < 1.29 is 30.7 Å². The van der Waals surface area contributed by atoms with E-state index in [2.05, 4.69) is 0 Å². The molecule has 0 aromatic heterocycles. The van der Waals surface area contributed by atoms with E-state index in [0.29, 0.717) is 0 Å². The van der Waals surface area contributed by atoms with Crippen LogP contribution in [0.3, 0.4) is 0 Å². The zero-order valence-electron chi connectivity index (χ0n) is 6.72. The van der Waals surface area contributed by atoms with E-state index in [-0.39, 0.29) is 6.07 Å². The standard InChI is InChI=1S/C8HF7/c9-2-1-3(10)5(11)6(12)4(2)7(13)8(14)15/h1H. The molecule has 1 rings (SSSR count). The fourth-order valence-corrected chi connectivity index (χ4v) is 0.862. The lowest BCUT2D eigenvalue weighted by Gasteiger charge is -2.03. The Morgan fingerprint density at radius 2 is 1.33 bits per heavy atom. The molecule has 1 aromatic rings. The van der Waals surface area contributed by atoms with Crippen LogP contribution in [0.1, 0.15) is 5.56 Å². The first kappa shape index (κ1) is 11.5. The predicted molar refractivity (Wildman–Crippen MR) is 36.5 cm³/mol. The fourth-order valence-electron chi connectivity index (χ4n) is 0.862. The molecule has 0 nitrogen and oxygen atoms in total. The summed E-state index contributed by atoms with van der Waals surface area (Å²) in [4.78, 5) is 0. The normalized spacial score (nSPS) is 10.3. The van der Waals surface area contributed by atoms with E-state index < -0.39 is 40.7 Å². The molecule has 0 atom stereocenters. The van der Waals surface area contributed by atoms with Gasteiger partial charge in [0.25, 0.3) is 0 Å². The second-order valence-corrected chi connectivity index (χ2v) is 2.42. The van der Waals surface area contributed by atoms with Crippen LogP contribution >= 0.6 is 0 Å². The highest BCUT2D eigenvalue weighted by Gasteiger charge is 2.24. The van der Waals surface area contributed by atoms with E-state index in [4.69, 9.17) is 0 Å². The summed E-state index contributed by atoms with van der Waals surface area (Å²) >= 11 is 0. The Hall–Kier alpha value is -1.53. The highest BCUT2D eigenvalue weighted by molar-refractivity contribution is 5.60. The van der Waals surface area contributed by atoms with Gasteiger partial charge < -0.3 is 0 Å². The SMILES string of the molecule is FC(F)=C(F)c1c(F)cc(F)c(F)c1F. The minimum absolute atomic E-state index is 0.226. The van der Waals surface area contributed by atoms with Gasteiger partial charge in [-0.05, 0) is 0 Å². The van der Waals surface area contributed by atoms with Crippen molar-refractivity contribution in [1.29, 1.82) is 0 Å². The maximum atomic E-state index is 12.7. The van der Waals surface area contributed by atoms with Gasteiger partial charge in [-0.3, -0.25) is 0 Å². The van der Waals surface area contributed by atoms with Crippen molar-refractivity contribution in [1.82, 2.24) is 0 Å². The van der Waals surface area contributed by atoms with Gasteiger partial charge in [-0.25, -0.2) is 22.0 Å². The summed E-state index contributed by atoms with van der Waals surface area (Å²) in [7, 11) is 0. The molecule has 0 fully saturated rings. The molecule has 0 aliphatic heterocycles. The Bertz CT molecular complexity index is 431. The number of benzene rings is 1. The van der Waals surface area contributed by atoms with Crippen LogP contribution in [0.25, 0.3) is 5.83 Å². The van der Waals surface area contributed by atoms with E-state index in [0.717, 1.165) is 0 Å². The first-order chi connectivity index (χ1) is 6.86. The van der Waals surface area contributed by atoms with Crippen molar-refractivity contribution in [3.05, 3.63) is 41.0 Å². The molecule has 0 radical (unpaired) electrons. The molecule has 7 heteroatoms. The Morgan fingerprint density at radius 3 is 1.80 bits per heavy atom. The molecular weight excluding hydrogens is 229 g/mol. The van der Waals surface area contributed by atoms with Crippen molar-refractivity contribution >= 4 is 5.83 Å². The summed E-state index contributed by atoms with van der Waals surface area (Å²) < 4.78 is 85.8. The smallest absolute Gasteiger partial charge is 0.206 e. The summed E-state index contributed by atoms with van der Waals surface area (Å²) in [6.07, 6.45) is -3.03. The lowest BCUT2D eigenvalue weighted by molar-refractivity contribution is 0.400. The first-order valence-electron chi connectivity index (χ1n) is 3.40. The van der Waals surface area contributed by atoms with Gasteiger partial charge in [-0.1, -0.05) is 0 Å². The van der Waals surface area contributed by atoms with E-state index >= 15 is 0 Å². The number of halogens is 7. The molecule has 0 aliphatic rings. The van der Waals surface area contributed by atoms with Crippen LogP contribution < -0.4 is 0 Å². The summed E-state index contributed by atoms with van der Waals surface area (Å²) in [5.74, 6) is -11.0. The molecule has 0 heterocycles. The molecule has 0 aliphatic carbocycles. The zero-order valence-corrected chi connectivity index (χ0v) is 6.72. The minimum Gasteiger partial charge on any atom is -0.206 e. The Balaban J connectivity index is 3.57. The predicted octanol–water partition coefficient (Wildman–Crippen LogP) is 3.78. The summed E-state index contributed by atoms with van der Waals surface area (Å²) in [6.45, 7) is 0. The van der Waals surface area contributed by atoms with Gasteiger partial charge in [-0.15, -0.1) is 0 Å². The molecular formula is C8HF7. The topological polar surface area (TPSA) is 0 Å². The van der Waals surface area contributed by atoms with E-state index in [1.807, 2.05) is 0 Å². The van der Waals surface area contributed by atoms with Crippen LogP contribution in [0.4, 0.5) is 30.7 Å². The number of hydrogen-bond donors (Lipinski definition) is 0. The molecule has 0 bridgehead atoms. The highest BCUT2D eigenvalue weighted by Crippen LogP contribution is 2.29. The molecule has 1 aromatic carbocycles. The second kappa shape index (κ2) is 3.92. The quantitative estimate of drug-likeness (QED) is 0.391. The molecule has 0 saturated carbocycles. The van der Waals surface area contributed by atoms with Gasteiger partial charge in [-0.2, -0.15) is 8.78 Å². The fraction of sp³-hybridized carbons (Fsp3) is 0. The molecule has 0 amide bonds. The molecule has 15 heavy (non-hydrogen) atoms. The van der Waals surface area contributed by atoms with E-state index in [9.17, 15) is 30.7 Å². The third-order valence-corrected chi connectivity index (χ3v) is 1.50. The van der Waals surface area contributed by atoms with Gasteiger partial charge >= 0.3 is 6.08 Å². The monoisotopic (exact) mass is 230 g/mol. The van der Waals surface area contributed by atoms with Crippen LogP contribution in [0.2, 0.25) is 0 Å². The van der Waals surface area contributed by atoms with Crippen molar-refractivity contribution in [3.63, 3.8) is 0 Å². The van der Waals surface area contributed by atoms with E-state index in [1.165, 1.54) is 0 Å². The summed E-state index contributed by atoms with van der Waals surface area (Å²) in [6, 6.07) is -0.226. The van der Waals surface area contributed by atoms with Crippen molar-refractivity contribution in [2.45, 2.75) is 0 Å². The third-order valence-electron chi connectivity index (χ3n) is 1.50. The van der Waals surface area contributed by atoms with Crippen LogP contribution in [-0.4, -0.2) is 0 Å². The van der Waals surface area contributed by atoms with Gasteiger partial charge in [0.2, 0.25) is 5.83 Å². The van der Waals surface area contributed by atoms with Crippen LogP contribution in [-0.2, 0) is 0 Å². The van der Waals surface area contributed by atoms with Crippen molar-refractivity contribution in [2.75, 3.05) is 0 Å². The zero-order chi connectivity index (χ0) is 11.7. The van der Waals surface area contributed by atoms with Gasteiger partial charge in [0, 0.05) is 6.07 Å². The highest BCUT2D eigenvalue weighted by atomic mass is 19.3. The molecule has 0 spiro atoms. The van der Waals surface area contributed by atoms with Gasteiger partial charge in [0.15, 0.2) is 17.5 Å². The molecule has 82 valence electrons. The number of rotatable bonds is 1. The second-order valence-electron chi connectivity index (χ2n) is 2.42. The lowest BCUT2D eigenvalue weighted by atomic mass is 10.1. The lowest BCUT2D eigenvalue weighted by Crippen LogP contribution is -2.00. The van der Waals surface area contributed by atoms with E-state index in [1.54, 1.807) is 0 Å². The average molecular weight is 230 g/mol. The summed E-state index contributed by atoms with van der Waals surface area (Å²) in [5.41, 5.74) is -1.92. The molecule has 0 saturated heterocycles. The van der Waals surface area contributed by atoms with Crippen LogP contribution in [0.15, 0.2) is 12.1 Å². The first-order valence-corrected chi connectivity index (χ1v) is 3.40. The molecule has 0 unspecified atom stereocenters. The maximum Gasteiger partial charge on any atom is 0.306 e. The Labute approximate surface area is 78.6 Å². The number of hydrogen-bond acceptors (Lipinski definition) is 0. The Kier molecular flexibility index (Phi) is 3.01. The van der Waals surface area contributed by atoms with Gasteiger partial charge in [0.05, 0.1) is 5.56 Å². The largest absolute Gasteiger partial charge is 0.306 e. The molecule has 0 N–H and O–H groups in total. The average Bonchev–Trinajstić information content (AvgIpc) is 2.14. The maximum absolute atomic E-state index is 12.7. The third kappa shape index (κ3) is 1.95. The van der Waals surface area contributed by atoms with Crippen LogP contribution in [0, 0.1) is 23.3 Å². The van der Waals surface area contributed by atoms with Crippen molar-refractivity contribution in [3.8, 4) is 0 Å². The summed E-state index contributed by atoms with van der Waals surface area (Å²) in [5, 5.41) is 0. The van der Waals surface area contributed by atoms with Gasteiger partial charge in [0.1, 0.15) is 5.82 Å². The van der Waals surface area contributed by atoms with Crippen molar-refractivity contribution in [2.24, 2.45) is 0 Å². The minimum atomic E-state index is -3.03. The Morgan fingerprint density at radius 1 is 0.800 bits per heavy atom.